The van der Waals surface area contributed by atoms with Crippen molar-refractivity contribution in [1.29, 1.82) is 0 Å². The monoisotopic (exact) mass is 420 g/mol. The first kappa shape index (κ1) is 19.9. The van der Waals surface area contributed by atoms with Gasteiger partial charge in [-0.3, -0.25) is 4.72 Å². The van der Waals surface area contributed by atoms with Gasteiger partial charge < -0.3 is 0 Å². The smallest absolute Gasteiger partial charge is 0.263 e. The molecule has 0 amide bonds. The number of anilines is 1. The van der Waals surface area contributed by atoms with E-state index < -0.39 is 38.4 Å². The Kier molecular flexibility index (Phi) is 4.74. The fourth-order valence-corrected chi connectivity index (χ4v) is 3.57. The van der Waals surface area contributed by atoms with Crippen LogP contribution in [-0.4, -0.2) is 13.4 Å². The molecule has 0 aliphatic carbocycles. The largest absolute Gasteiger partial charge is 0.416 e. The highest BCUT2D eigenvalue weighted by atomic mass is 32.2. The summed E-state index contributed by atoms with van der Waals surface area (Å²) < 4.78 is 105. The number of nitrogens with zero attached hydrogens (tertiary/aromatic N) is 1. The van der Waals surface area contributed by atoms with Crippen LogP contribution in [0.25, 0.3) is 10.8 Å². The number of sulfonamides is 1. The fourth-order valence-electron chi connectivity index (χ4n) is 2.47. The zero-order valence-corrected chi connectivity index (χ0v) is 14.5. The molecule has 0 radical (unpaired) electrons. The molecule has 3 rings (SSSR count). The van der Waals surface area contributed by atoms with Crippen LogP contribution in [0.5, 0.6) is 0 Å². The Morgan fingerprint density at radius 1 is 0.821 bits per heavy atom. The second kappa shape index (κ2) is 6.66. The fraction of sp³-hybridized carbons (Fsp3) is 0.118. The molecular weight excluding hydrogens is 410 g/mol. The first-order valence-electron chi connectivity index (χ1n) is 7.54. The Labute approximate surface area is 154 Å². The lowest BCUT2D eigenvalue weighted by Gasteiger charge is -2.15. The van der Waals surface area contributed by atoms with Gasteiger partial charge in [-0.2, -0.15) is 26.3 Å². The molecule has 1 N–H and O–H groups in total. The molecule has 0 atom stereocenters. The van der Waals surface area contributed by atoms with E-state index in [2.05, 4.69) is 4.98 Å². The highest BCUT2D eigenvalue weighted by Gasteiger charge is 2.38. The van der Waals surface area contributed by atoms with Crippen LogP contribution in [0.2, 0.25) is 0 Å². The molecule has 0 spiro atoms. The van der Waals surface area contributed by atoms with Crippen molar-refractivity contribution in [2.24, 2.45) is 0 Å². The van der Waals surface area contributed by atoms with Crippen LogP contribution in [0.1, 0.15) is 11.1 Å². The number of rotatable bonds is 3. The molecule has 1 aromatic heterocycles. The van der Waals surface area contributed by atoms with Crippen LogP contribution in [0, 0.1) is 0 Å². The van der Waals surface area contributed by atoms with Gasteiger partial charge in [0.05, 0.1) is 16.0 Å². The number of nitrogens with one attached hydrogen (secondary N) is 1. The molecule has 0 saturated carbocycles. The zero-order valence-electron chi connectivity index (χ0n) is 13.6. The summed E-state index contributed by atoms with van der Waals surface area (Å²) in [5, 5.41) is 0.909. The lowest BCUT2D eigenvalue weighted by atomic mass is 10.1. The van der Waals surface area contributed by atoms with Crippen molar-refractivity contribution < 1.29 is 34.8 Å². The molecule has 0 bridgehead atoms. The van der Waals surface area contributed by atoms with E-state index in [4.69, 9.17) is 0 Å². The zero-order chi connectivity index (χ0) is 20.7. The lowest BCUT2D eigenvalue weighted by Crippen LogP contribution is -2.18. The maximum atomic E-state index is 13.0. The van der Waals surface area contributed by atoms with Crippen molar-refractivity contribution in [3.63, 3.8) is 0 Å². The number of aromatic nitrogens is 1. The van der Waals surface area contributed by atoms with E-state index in [1.54, 1.807) is 24.3 Å². The van der Waals surface area contributed by atoms with Crippen LogP contribution in [0.4, 0.5) is 32.2 Å². The van der Waals surface area contributed by atoms with Gasteiger partial charge in [0.1, 0.15) is 5.82 Å². The van der Waals surface area contributed by atoms with Gasteiger partial charge in [0.2, 0.25) is 0 Å². The third-order valence-corrected chi connectivity index (χ3v) is 5.09. The minimum Gasteiger partial charge on any atom is -0.263 e. The standard InChI is InChI=1S/C17H10F6N2O2S/c18-16(19,20)11-7-12(17(21,22)23)9-13(8-11)28(26,27)25-15-14-4-2-1-3-10(14)5-6-24-15/h1-9H,(H,24,25). The lowest BCUT2D eigenvalue weighted by molar-refractivity contribution is -0.143. The molecule has 148 valence electrons. The second-order valence-electron chi connectivity index (χ2n) is 5.73. The van der Waals surface area contributed by atoms with Gasteiger partial charge in [0.15, 0.2) is 0 Å². The highest BCUT2D eigenvalue weighted by Crippen LogP contribution is 2.37. The van der Waals surface area contributed by atoms with E-state index in [0.717, 1.165) is 0 Å². The molecule has 4 nitrogen and oxygen atoms in total. The number of hydrogen-bond donors (Lipinski definition) is 1. The Bertz CT molecular complexity index is 1100. The van der Waals surface area contributed by atoms with Gasteiger partial charge >= 0.3 is 12.4 Å². The molecular formula is C17H10F6N2O2S. The van der Waals surface area contributed by atoms with E-state index in [0.29, 0.717) is 10.8 Å². The van der Waals surface area contributed by atoms with Gasteiger partial charge in [0, 0.05) is 11.6 Å². The Balaban J connectivity index is 2.13. The summed E-state index contributed by atoms with van der Waals surface area (Å²) in [5.41, 5.74) is -3.46. The van der Waals surface area contributed by atoms with E-state index >= 15 is 0 Å². The summed E-state index contributed by atoms with van der Waals surface area (Å²) in [7, 11) is -4.78. The number of pyridine rings is 1. The van der Waals surface area contributed by atoms with E-state index in [1.165, 1.54) is 12.3 Å². The summed E-state index contributed by atoms with van der Waals surface area (Å²) in [6, 6.07) is 8.10. The Hall–Kier alpha value is -2.82. The van der Waals surface area contributed by atoms with Crippen molar-refractivity contribution in [2.75, 3.05) is 4.72 Å². The molecule has 3 aromatic rings. The third kappa shape index (κ3) is 4.03. The molecule has 0 aliphatic heterocycles. The summed E-state index contributed by atoms with van der Waals surface area (Å²) in [6.07, 6.45) is -9.07. The van der Waals surface area contributed by atoms with Crippen LogP contribution < -0.4 is 4.72 Å². The topological polar surface area (TPSA) is 59.1 Å². The number of halogens is 6. The molecule has 0 saturated heterocycles. The van der Waals surface area contributed by atoms with Crippen LogP contribution in [0.3, 0.4) is 0 Å². The molecule has 0 unspecified atom stereocenters. The minimum absolute atomic E-state index is 0.142. The molecule has 1 heterocycles. The Morgan fingerprint density at radius 2 is 1.39 bits per heavy atom. The normalized spacial score (nSPS) is 12.9. The SMILES string of the molecule is O=S(=O)(Nc1nccc2ccccc12)c1cc(C(F)(F)F)cc(C(F)(F)F)c1. The third-order valence-electron chi connectivity index (χ3n) is 3.78. The summed E-state index contributed by atoms with van der Waals surface area (Å²) in [4.78, 5) is 2.65. The van der Waals surface area contributed by atoms with Gasteiger partial charge in [0.25, 0.3) is 10.0 Å². The van der Waals surface area contributed by atoms with Crippen molar-refractivity contribution in [2.45, 2.75) is 17.2 Å². The van der Waals surface area contributed by atoms with Gasteiger partial charge in [-0.1, -0.05) is 24.3 Å². The van der Waals surface area contributed by atoms with Crippen LogP contribution in [0.15, 0.2) is 59.6 Å². The summed E-state index contributed by atoms with van der Waals surface area (Å²) >= 11 is 0. The average Bonchev–Trinajstić information content (AvgIpc) is 2.60. The molecule has 2 aromatic carbocycles. The molecule has 28 heavy (non-hydrogen) atoms. The van der Waals surface area contributed by atoms with Crippen molar-refractivity contribution >= 4 is 26.6 Å². The second-order valence-corrected chi connectivity index (χ2v) is 7.41. The quantitative estimate of drug-likeness (QED) is 0.602. The van der Waals surface area contributed by atoms with Gasteiger partial charge in [-0.15, -0.1) is 0 Å². The first-order valence-corrected chi connectivity index (χ1v) is 9.02. The first-order chi connectivity index (χ1) is 12.9. The van der Waals surface area contributed by atoms with Crippen LogP contribution in [-0.2, 0) is 22.4 Å². The molecule has 11 heteroatoms. The highest BCUT2D eigenvalue weighted by molar-refractivity contribution is 7.92. The van der Waals surface area contributed by atoms with E-state index in [1.807, 2.05) is 4.72 Å². The van der Waals surface area contributed by atoms with Gasteiger partial charge in [-0.05, 0) is 29.7 Å². The maximum absolute atomic E-state index is 13.0. The predicted octanol–water partition coefficient (Wildman–Crippen LogP) is 5.07. The number of fused-ring (bicyclic) bond motifs is 1. The number of benzene rings is 2. The molecule has 0 fully saturated rings. The van der Waals surface area contributed by atoms with E-state index in [9.17, 15) is 34.8 Å². The predicted molar refractivity (Wildman–Crippen MR) is 89.0 cm³/mol. The van der Waals surface area contributed by atoms with Crippen molar-refractivity contribution in [1.82, 2.24) is 4.98 Å². The van der Waals surface area contributed by atoms with Crippen molar-refractivity contribution in [3.8, 4) is 0 Å². The van der Waals surface area contributed by atoms with Crippen LogP contribution >= 0.6 is 0 Å². The minimum atomic E-state index is -5.16. The number of alkyl halides is 6. The maximum Gasteiger partial charge on any atom is 0.416 e. The van der Waals surface area contributed by atoms with Gasteiger partial charge in [-0.25, -0.2) is 13.4 Å². The summed E-state index contributed by atoms with van der Waals surface area (Å²) in [5.74, 6) is -0.218. The van der Waals surface area contributed by atoms with Crippen molar-refractivity contribution in [3.05, 3.63) is 65.9 Å². The summed E-state index contributed by atoms with van der Waals surface area (Å²) in [6.45, 7) is 0. The van der Waals surface area contributed by atoms with E-state index in [-0.39, 0.29) is 24.0 Å². The number of hydrogen-bond acceptors (Lipinski definition) is 3. The Morgan fingerprint density at radius 3 is 1.96 bits per heavy atom. The average molecular weight is 420 g/mol. The molecule has 0 aliphatic rings.